The number of hydrogen-bond acceptors (Lipinski definition) is 5. The van der Waals surface area contributed by atoms with E-state index < -0.39 is 11.8 Å². The van der Waals surface area contributed by atoms with Crippen LogP contribution in [0, 0.1) is 5.82 Å². The lowest BCUT2D eigenvalue weighted by atomic mass is 10.1. The number of unbranched alkanes of at least 4 members (excludes halogenated alkanes) is 2. The SMILES string of the molecule is CCCCc1ccc(C(=O)Nc2ccc(Oc3ccc(N(C(=O)c4ccc(CCCC)cc4)c4ccc(F)cc4)cc3)cc2C(=O)OC)cc1. The van der Waals surface area contributed by atoms with Gasteiger partial charge < -0.3 is 14.8 Å². The molecule has 50 heavy (non-hydrogen) atoms. The van der Waals surface area contributed by atoms with Crippen LogP contribution in [-0.4, -0.2) is 24.9 Å². The normalized spacial score (nSPS) is 10.7. The van der Waals surface area contributed by atoms with Crippen LogP contribution >= 0.6 is 0 Å². The van der Waals surface area contributed by atoms with E-state index in [1.807, 2.05) is 36.4 Å². The fourth-order valence-corrected chi connectivity index (χ4v) is 5.47. The number of nitrogens with one attached hydrogen (secondary N) is 1. The molecule has 256 valence electrons. The molecule has 0 spiro atoms. The van der Waals surface area contributed by atoms with Crippen LogP contribution in [0.3, 0.4) is 0 Å². The molecule has 0 bridgehead atoms. The molecule has 5 rings (SSSR count). The number of ether oxygens (including phenoxy) is 2. The highest BCUT2D eigenvalue weighted by Crippen LogP contribution is 2.32. The van der Waals surface area contributed by atoms with Crippen molar-refractivity contribution in [3.05, 3.63) is 149 Å². The smallest absolute Gasteiger partial charge is 0.340 e. The van der Waals surface area contributed by atoms with Crippen molar-refractivity contribution >= 4 is 34.8 Å². The van der Waals surface area contributed by atoms with Crippen LogP contribution in [0.4, 0.5) is 21.5 Å². The maximum Gasteiger partial charge on any atom is 0.340 e. The maximum atomic E-state index is 13.8. The summed E-state index contributed by atoms with van der Waals surface area (Å²) in [5, 5.41) is 2.81. The molecule has 7 nitrogen and oxygen atoms in total. The summed E-state index contributed by atoms with van der Waals surface area (Å²) in [6, 6.07) is 32.3. The predicted octanol–water partition coefficient (Wildman–Crippen LogP) is 10.3. The van der Waals surface area contributed by atoms with Crippen molar-refractivity contribution in [3.8, 4) is 11.5 Å². The van der Waals surface area contributed by atoms with E-state index >= 15 is 0 Å². The number of hydrogen-bond donors (Lipinski definition) is 1. The standard InChI is InChI=1S/C42H41FN2O5/c1-4-6-8-29-10-14-31(15-11-29)40(46)44-39-27-26-37(28-38(39)42(48)49-3)50-36-24-22-35(23-25-36)45(34-20-18-33(43)19-21-34)41(47)32-16-12-30(13-17-32)9-7-5-2/h10-28H,4-9H2,1-3H3,(H,44,46). The zero-order chi connectivity index (χ0) is 35.5. The van der Waals surface area contributed by atoms with Crippen LogP contribution in [0.5, 0.6) is 11.5 Å². The zero-order valence-corrected chi connectivity index (χ0v) is 28.6. The lowest BCUT2D eigenvalue weighted by Crippen LogP contribution is -2.26. The Morgan fingerprint density at radius 2 is 1.18 bits per heavy atom. The average molecular weight is 673 g/mol. The van der Waals surface area contributed by atoms with Crippen molar-refractivity contribution in [1.29, 1.82) is 0 Å². The Kier molecular flexibility index (Phi) is 12.1. The van der Waals surface area contributed by atoms with E-state index in [0.29, 0.717) is 34.0 Å². The van der Waals surface area contributed by atoms with Crippen LogP contribution < -0.4 is 15.0 Å². The van der Waals surface area contributed by atoms with Gasteiger partial charge in [-0.25, -0.2) is 9.18 Å². The van der Waals surface area contributed by atoms with Gasteiger partial charge in [0.25, 0.3) is 11.8 Å². The summed E-state index contributed by atoms with van der Waals surface area (Å²) < 4.78 is 24.9. The molecule has 0 fully saturated rings. The molecule has 0 aliphatic rings. The number of amides is 2. The third-order valence-electron chi connectivity index (χ3n) is 8.32. The number of carbonyl (C=O) groups excluding carboxylic acids is 3. The second kappa shape index (κ2) is 17.1. The zero-order valence-electron chi connectivity index (χ0n) is 28.6. The Bertz CT molecular complexity index is 1900. The number of anilines is 3. The molecule has 0 unspecified atom stereocenters. The Morgan fingerprint density at radius 1 is 0.660 bits per heavy atom. The lowest BCUT2D eigenvalue weighted by Gasteiger charge is -2.23. The fourth-order valence-electron chi connectivity index (χ4n) is 5.47. The molecular weight excluding hydrogens is 631 g/mol. The van der Waals surface area contributed by atoms with Crippen molar-refractivity contribution < 1.29 is 28.2 Å². The molecule has 0 saturated carbocycles. The first-order valence-electron chi connectivity index (χ1n) is 16.9. The number of nitrogens with zero attached hydrogens (tertiary/aromatic N) is 1. The Labute approximate surface area is 292 Å². The molecule has 5 aromatic rings. The van der Waals surface area contributed by atoms with E-state index in [1.165, 1.54) is 30.2 Å². The minimum Gasteiger partial charge on any atom is -0.465 e. The van der Waals surface area contributed by atoms with Crippen molar-refractivity contribution in [2.24, 2.45) is 0 Å². The summed E-state index contributed by atoms with van der Waals surface area (Å²) >= 11 is 0. The van der Waals surface area contributed by atoms with Gasteiger partial charge >= 0.3 is 5.97 Å². The maximum absolute atomic E-state index is 13.8. The van der Waals surface area contributed by atoms with Gasteiger partial charge in [0, 0.05) is 22.5 Å². The van der Waals surface area contributed by atoms with Gasteiger partial charge in [-0.1, -0.05) is 51.0 Å². The van der Waals surface area contributed by atoms with Crippen LogP contribution in [-0.2, 0) is 17.6 Å². The van der Waals surface area contributed by atoms with E-state index in [9.17, 15) is 18.8 Å². The molecule has 0 aliphatic carbocycles. The van der Waals surface area contributed by atoms with E-state index in [0.717, 1.165) is 49.7 Å². The highest BCUT2D eigenvalue weighted by molar-refractivity contribution is 6.11. The van der Waals surface area contributed by atoms with Crippen LogP contribution in [0.2, 0.25) is 0 Å². The van der Waals surface area contributed by atoms with Gasteiger partial charge in [0.05, 0.1) is 18.4 Å². The van der Waals surface area contributed by atoms with E-state index in [4.69, 9.17) is 9.47 Å². The topological polar surface area (TPSA) is 84.9 Å². The number of halogens is 1. The molecule has 0 aromatic heterocycles. The summed E-state index contributed by atoms with van der Waals surface area (Å²) in [6.07, 6.45) is 6.23. The van der Waals surface area contributed by atoms with Crippen LogP contribution in [0.15, 0.2) is 115 Å². The van der Waals surface area contributed by atoms with Gasteiger partial charge in [0.1, 0.15) is 17.3 Å². The molecule has 0 saturated heterocycles. The number of esters is 1. The van der Waals surface area contributed by atoms with Gasteiger partial charge in [-0.15, -0.1) is 0 Å². The Hall–Kier alpha value is -5.76. The van der Waals surface area contributed by atoms with E-state index in [-0.39, 0.29) is 23.1 Å². The Morgan fingerprint density at radius 3 is 1.72 bits per heavy atom. The first kappa shape index (κ1) is 35.5. The van der Waals surface area contributed by atoms with Gasteiger partial charge in [0.15, 0.2) is 0 Å². The molecule has 0 heterocycles. The van der Waals surface area contributed by atoms with Gasteiger partial charge in [0.2, 0.25) is 0 Å². The van der Waals surface area contributed by atoms with Crippen molar-refractivity contribution in [1.82, 2.24) is 0 Å². The number of rotatable bonds is 14. The molecule has 2 amide bonds. The molecule has 5 aromatic carbocycles. The summed E-state index contributed by atoms with van der Waals surface area (Å²) in [6.45, 7) is 4.28. The fraction of sp³-hybridized carbons (Fsp3) is 0.214. The highest BCUT2D eigenvalue weighted by atomic mass is 19.1. The van der Waals surface area contributed by atoms with Crippen molar-refractivity contribution in [2.75, 3.05) is 17.3 Å². The highest BCUT2D eigenvalue weighted by Gasteiger charge is 2.21. The quantitative estimate of drug-likeness (QED) is 0.119. The average Bonchev–Trinajstić information content (AvgIpc) is 3.15. The van der Waals surface area contributed by atoms with E-state index in [1.54, 1.807) is 60.7 Å². The summed E-state index contributed by atoms with van der Waals surface area (Å²) in [5.74, 6) is -0.877. The third kappa shape index (κ3) is 9.02. The van der Waals surface area contributed by atoms with Gasteiger partial charge in [-0.2, -0.15) is 0 Å². The van der Waals surface area contributed by atoms with Gasteiger partial charge in [-0.05, 0) is 128 Å². The first-order valence-corrected chi connectivity index (χ1v) is 16.9. The van der Waals surface area contributed by atoms with Crippen LogP contribution in [0.1, 0.15) is 81.7 Å². The number of aryl methyl sites for hydroxylation is 2. The first-order chi connectivity index (χ1) is 24.3. The largest absolute Gasteiger partial charge is 0.465 e. The van der Waals surface area contributed by atoms with Crippen molar-refractivity contribution in [3.63, 3.8) is 0 Å². The lowest BCUT2D eigenvalue weighted by molar-refractivity contribution is 0.0601. The minimum atomic E-state index is -0.636. The number of benzene rings is 5. The third-order valence-corrected chi connectivity index (χ3v) is 8.32. The second-order valence-electron chi connectivity index (χ2n) is 12.0. The summed E-state index contributed by atoms with van der Waals surface area (Å²) in [4.78, 5) is 41.1. The van der Waals surface area contributed by atoms with Gasteiger partial charge in [-0.3, -0.25) is 14.5 Å². The second-order valence-corrected chi connectivity index (χ2v) is 12.0. The van der Waals surface area contributed by atoms with Crippen LogP contribution in [0.25, 0.3) is 0 Å². The number of methoxy groups -OCH3 is 1. The summed E-state index contributed by atoms with van der Waals surface area (Å²) in [7, 11) is 1.27. The predicted molar refractivity (Wildman–Crippen MR) is 195 cm³/mol. The molecular formula is C42H41FN2O5. The minimum absolute atomic E-state index is 0.128. The van der Waals surface area contributed by atoms with E-state index in [2.05, 4.69) is 19.2 Å². The number of carbonyl (C=O) groups is 3. The molecule has 0 radical (unpaired) electrons. The molecule has 0 atom stereocenters. The molecule has 1 N–H and O–H groups in total. The molecule has 8 heteroatoms. The Balaban J connectivity index is 1.35. The monoisotopic (exact) mass is 672 g/mol. The van der Waals surface area contributed by atoms with Crippen molar-refractivity contribution in [2.45, 2.75) is 52.4 Å². The molecule has 0 aliphatic heterocycles. The summed E-state index contributed by atoms with van der Waals surface area (Å²) in [5.41, 5.74) is 4.77.